The van der Waals surface area contributed by atoms with E-state index in [1.165, 1.54) is 36.8 Å². The van der Waals surface area contributed by atoms with Crippen LogP contribution in [0.3, 0.4) is 0 Å². The van der Waals surface area contributed by atoms with Crippen LogP contribution in [0.4, 0.5) is 0 Å². The van der Waals surface area contributed by atoms with Gasteiger partial charge in [-0.2, -0.15) is 0 Å². The molecule has 1 aliphatic carbocycles. The third-order valence-corrected chi connectivity index (χ3v) is 4.87. The number of hydrogen-bond donors (Lipinski definition) is 1. The number of fused-ring (bicyclic) bond motifs is 1. The van der Waals surface area contributed by atoms with Gasteiger partial charge in [0.15, 0.2) is 0 Å². The maximum atomic E-state index is 3.63. The maximum absolute atomic E-state index is 3.63. The molecule has 21 heavy (non-hydrogen) atoms. The van der Waals surface area contributed by atoms with E-state index in [1.807, 2.05) is 0 Å². The highest BCUT2D eigenvalue weighted by Gasteiger charge is 2.12. The summed E-state index contributed by atoms with van der Waals surface area (Å²) in [6.45, 7) is 3.15. The van der Waals surface area contributed by atoms with E-state index in [2.05, 4.69) is 70.6 Å². The molecular formula is C19H22BrN. The Morgan fingerprint density at radius 2 is 1.86 bits per heavy atom. The molecule has 1 N–H and O–H groups in total. The van der Waals surface area contributed by atoms with Crippen molar-refractivity contribution < 1.29 is 0 Å². The molecule has 0 aliphatic heterocycles. The van der Waals surface area contributed by atoms with Gasteiger partial charge in [-0.3, -0.25) is 0 Å². The highest BCUT2D eigenvalue weighted by Crippen LogP contribution is 2.25. The lowest BCUT2D eigenvalue weighted by atomic mass is 9.89. The van der Waals surface area contributed by atoms with E-state index in [4.69, 9.17) is 0 Å². The quantitative estimate of drug-likeness (QED) is 0.806. The molecule has 0 saturated heterocycles. The molecule has 2 heteroatoms. The van der Waals surface area contributed by atoms with E-state index in [0.717, 1.165) is 11.0 Å². The number of benzene rings is 2. The Morgan fingerprint density at radius 3 is 2.67 bits per heavy atom. The molecule has 0 bridgehead atoms. The van der Waals surface area contributed by atoms with Crippen molar-refractivity contribution >= 4 is 15.9 Å². The largest absolute Gasteiger partial charge is 0.306 e. The molecule has 2 aromatic rings. The molecule has 110 valence electrons. The van der Waals surface area contributed by atoms with E-state index in [-0.39, 0.29) is 0 Å². The summed E-state index contributed by atoms with van der Waals surface area (Å²) in [5.41, 5.74) is 5.85. The predicted octanol–water partition coefficient (Wildman–Crippen LogP) is 5.18. The van der Waals surface area contributed by atoms with Crippen LogP contribution in [0.15, 0.2) is 46.9 Å². The SMILES string of the molecule is CC(NCc1cccc(Br)c1)c1ccc2c(c1)CCCC2. The van der Waals surface area contributed by atoms with Gasteiger partial charge in [0.05, 0.1) is 0 Å². The standard InChI is InChI=1S/C19H22BrN/c1-14(21-13-15-5-4-8-19(20)11-15)17-10-9-16-6-2-3-7-18(16)12-17/h4-5,8-12,14,21H,2-3,6-7,13H2,1H3. The van der Waals surface area contributed by atoms with Crippen molar-refractivity contribution in [3.63, 3.8) is 0 Å². The molecule has 1 aliphatic rings. The van der Waals surface area contributed by atoms with Gasteiger partial charge in [-0.05, 0) is 67.0 Å². The lowest BCUT2D eigenvalue weighted by Gasteiger charge is -2.20. The summed E-state index contributed by atoms with van der Waals surface area (Å²) in [5.74, 6) is 0. The molecule has 0 heterocycles. The molecule has 0 saturated carbocycles. The van der Waals surface area contributed by atoms with Crippen LogP contribution >= 0.6 is 15.9 Å². The highest BCUT2D eigenvalue weighted by molar-refractivity contribution is 9.10. The first-order chi connectivity index (χ1) is 10.2. The Hall–Kier alpha value is -1.12. The zero-order valence-electron chi connectivity index (χ0n) is 12.5. The van der Waals surface area contributed by atoms with Gasteiger partial charge in [0, 0.05) is 17.1 Å². The van der Waals surface area contributed by atoms with Crippen LogP contribution in [0.2, 0.25) is 0 Å². The highest BCUT2D eigenvalue weighted by atomic mass is 79.9. The van der Waals surface area contributed by atoms with Gasteiger partial charge in [0.1, 0.15) is 0 Å². The van der Waals surface area contributed by atoms with Crippen molar-refractivity contribution in [1.29, 1.82) is 0 Å². The molecule has 0 spiro atoms. The molecule has 3 rings (SSSR count). The molecule has 0 aromatic heterocycles. The number of rotatable bonds is 4. The van der Waals surface area contributed by atoms with Gasteiger partial charge in [0.25, 0.3) is 0 Å². The van der Waals surface area contributed by atoms with Gasteiger partial charge >= 0.3 is 0 Å². The van der Waals surface area contributed by atoms with Crippen molar-refractivity contribution in [1.82, 2.24) is 5.32 Å². The van der Waals surface area contributed by atoms with Gasteiger partial charge in [0.2, 0.25) is 0 Å². The van der Waals surface area contributed by atoms with Gasteiger partial charge in [-0.25, -0.2) is 0 Å². The minimum absolute atomic E-state index is 0.385. The summed E-state index contributed by atoms with van der Waals surface area (Å²) in [6.07, 6.45) is 5.20. The summed E-state index contributed by atoms with van der Waals surface area (Å²) < 4.78 is 1.14. The molecule has 1 nitrogen and oxygen atoms in total. The Labute approximate surface area is 135 Å². The van der Waals surface area contributed by atoms with Crippen LogP contribution in [0.1, 0.15) is 48.1 Å². The first kappa shape index (κ1) is 14.8. The van der Waals surface area contributed by atoms with Crippen molar-refractivity contribution in [2.45, 2.75) is 45.2 Å². The Balaban J connectivity index is 1.66. The minimum atomic E-state index is 0.385. The average molecular weight is 344 g/mol. The Kier molecular flexibility index (Phi) is 4.77. The van der Waals surface area contributed by atoms with Crippen molar-refractivity contribution in [3.8, 4) is 0 Å². The molecular weight excluding hydrogens is 322 g/mol. The summed E-state index contributed by atoms with van der Waals surface area (Å²) in [4.78, 5) is 0. The average Bonchev–Trinajstić information content (AvgIpc) is 2.52. The summed E-state index contributed by atoms with van der Waals surface area (Å²) in [5, 5.41) is 3.63. The Bertz CT molecular complexity index is 621. The van der Waals surface area contributed by atoms with Gasteiger partial charge in [-0.1, -0.05) is 46.3 Å². The van der Waals surface area contributed by atoms with Crippen LogP contribution in [0, 0.1) is 0 Å². The lowest BCUT2D eigenvalue weighted by molar-refractivity contribution is 0.572. The van der Waals surface area contributed by atoms with Gasteiger partial charge < -0.3 is 5.32 Å². The fourth-order valence-electron chi connectivity index (χ4n) is 3.06. The first-order valence-electron chi connectivity index (χ1n) is 7.82. The zero-order chi connectivity index (χ0) is 14.7. The van der Waals surface area contributed by atoms with Crippen LogP contribution < -0.4 is 5.32 Å². The van der Waals surface area contributed by atoms with E-state index >= 15 is 0 Å². The number of hydrogen-bond acceptors (Lipinski definition) is 1. The number of aryl methyl sites for hydroxylation is 2. The molecule has 2 aromatic carbocycles. The lowest BCUT2D eigenvalue weighted by Crippen LogP contribution is -2.18. The third-order valence-electron chi connectivity index (χ3n) is 4.37. The fourth-order valence-corrected chi connectivity index (χ4v) is 3.51. The van der Waals surface area contributed by atoms with E-state index in [9.17, 15) is 0 Å². The Morgan fingerprint density at radius 1 is 1.05 bits per heavy atom. The number of halogens is 1. The summed E-state index contributed by atoms with van der Waals surface area (Å²) >= 11 is 3.53. The normalized spacial score (nSPS) is 15.5. The summed E-state index contributed by atoms with van der Waals surface area (Å²) in [6, 6.07) is 15.9. The molecule has 1 unspecified atom stereocenters. The van der Waals surface area contributed by atoms with Crippen LogP contribution in [-0.4, -0.2) is 0 Å². The van der Waals surface area contributed by atoms with E-state index < -0.39 is 0 Å². The minimum Gasteiger partial charge on any atom is -0.306 e. The molecule has 1 atom stereocenters. The van der Waals surface area contributed by atoms with Crippen molar-refractivity contribution in [2.24, 2.45) is 0 Å². The van der Waals surface area contributed by atoms with Crippen LogP contribution in [0.25, 0.3) is 0 Å². The van der Waals surface area contributed by atoms with Crippen molar-refractivity contribution in [2.75, 3.05) is 0 Å². The smallest absolute Gasteiger partial charge is 0.0295 e. The second-order valence-electron chi connectivity index (χ2n) is 5.97. The van der Waals surface area contributed by atoms with E-state index in [0.29, 0.717) is 6.04 Å². The third kappa shape index (κ3) is 3.75. The first-order valence-corrected chi connectivity index (χ1v) is 8.61. The van der Waals surface area contributed by atoms with Crippen LogP contribution in [-0.2, 0) is 19.4 Å². The molecule has 0 fully saturated rings. The summed E-state index contributed by atoms with van der Waals surface area (Å²) in [7, 11) is 0. The predicted molar refractivity (Wildman–Crippen MR) is 92.5 cm³/mol. The molecule has 0 amide bonds. The second-order valence-corrected chi connectivity index (χ2v) is 6.88. The van der Waals surface area contributed by atoms with Crippen molar-refractivity contribution in [3.05, 3.63) is 69.2 Å². The fraction of sp³-hybridized carbons (Fsp3) is 0.368. The maximum Gasteiger partial charge on any atom is 0.0295 e. The number of nitrogens with one attached hydrogen (secondary N) is 1. The monoisotopic (exact) mass is 343 g/mol. The zero-order valence-corrected chi connectivity index (χ0v) is 14.1. The van der Waals surface area contributed by atoms with Gasteiger partial charge in [-0.15, -0.1) is 0 Å². The van der Waals surface area contributed by atoms with Crippen LogP contribution in [0.5, 0.6) is 0 Å². The topological polar surface area (TPSA) is 12.0 Å². The second kappa shape index (κ2) is 6.76. The molecule has 0 radical (unpaired) electrons. The van der Waals surface area contributed by atoms with E-state index in [1.54, 1.807) is 11.1 Å².